The Morgan fingerprint density at radius 3 is 2.27 bits per heavy atom. The first-order valence-corrected chi connectivity index (χ1v) is 16.6. The molecule has 0 saturated carbocycles. The molecule has 0 aliphatic heterocycles. The van der Waals surface area contributed by atoms with Gasteiger partial charge < -0.3 is 0 Å². The summed E-state index contributed by atoms with van der Waals surface area (Å²) in [4.78, 5) is 0. The van der Waals surface area contributed by atoms with Gasteiger partial charge in [0.25, 0.3) is 0 Å². The number of fused-ring (bicyclic) bond motifs is 3. The number of rotatable bonds is 2. The SMILES string of the molecule is Cc1ccc2c(ccc3ccccc32)c1-c1c[c]([Ge]([CH3])([CH3])[CH3])cc[n+]1C. The van der Waals surface area contributed by atoms with E-state index in [1.54, 1.807) is 4.40 Å². The van der Waals surface area contributed by atoms with E-state index in [1.165, 1.54) is 38.4 Å². The molecule has 0 saturated heterocycles. The Labute approximate surface area is 158 Å². The Morgan fingerprint density at radius 2 is 1.50 bits per heavy atom. The second-order valence-corrected chi connectivity index (χ2v) is 19.0. The van der Waals surface area contributed by atoms with Crippen LogP contribution in [-0.2, 0) is 7.05 Å². The standard InChI is InChI=1S/C24H26GeN/c1-17-10-12-21-20-9-7-6-8-18(20)11-13-22(21)24(17)23-16-19(25(2,3)4)14-15-26(23)5/h6-16H,1-5H3/q+1. The molecule has 2 heteroatoms. The average Bonchev–Trinajstić information content (AvgIpc) is 2.61. The van der Waals surface area contributed by atoms with E-state index < -0.39 is 13.3 Å². The van der Waals surface area contributed by atoms with Crippen molar-refractivity contribution in [3.05, 3.63) is 72.4 Å². The molecule has 0 spiro atoms. The molecule has 0 unspecified atom stereocenters. The van der Waals surface area contributed by atoms with Crippen molar-refractivity contribution in [2.45, 2.75) is 24.2 Å². The quantitative estimate of drug-likeness (QED) is 0.243. The molecule has 4 rings (SSSR count). The van der Waals surface area contributed by atoms with Crippen LogP contribution >= 0.6 is 0 Å². The van der Waals surface area contributed by atoms with Gasteiger partial charge in [-0.25, -0.2) is 0 Å². The maximum absolute atomic E-state index is 2.46. The fourth-order valence-corrected chi connectivity index (χ4v) is 6.22. The Morgan fingerprint density at radius 1 is 0.769 bits per heavy atom. The van der Waals surface area contributed by atoms with E-state index in [0.29, 0.717) is 0 Å². The van der Waals surface area contributed by atoms with Crippen LogP contribution in [0.1, 0.15) is 5.56 Å². The van der Waals surface area contributed by atoms with Crippen molar-refractivity contribution in [2.24, 2.45) is 7.05 Å². The van der Waals surface area contributed by atoms with Crippen LogP contribution in [-0.4, -0.2) is 13.3 Å². The Bertz CT molecular complexity index is 1140. The van der Waals surface area contributed by atoms with Gasteiger partial charge in [-0.1, -0.05) is 0 Å². The van der Waals surface area contributed by atoms with Gasteiger partial charge in [-0.15, -0.1) is 0 Å². The van der Waals surface area contributed by atoms with Crippen LogP contribution in [0.3, 0.4) is 0 Å². The molecule has 1 heterocycles. The summed E-state index contributed by atoms with van der Waals surface area (Å²) in [6.45, 7) is 2.23. The van der Waals surface area contributed by atoms with Gasteiger partial charge in [-0.2, -0.15) is 0 Å². The van der Waals surface area contributed by atoms with E-state index >= 15 is 0 Å². The van der Waals surface area contributed by atoms with Crippen LogP contribution < -0.4 is 8.96 Å². The van der Waals surface area contributed by atoms with Gasteiger partial charge in [0.1, 0.15) is 0 Å². The van der Waals surface area contributed by atoms with Gasteiger partial charge >= 0.3 is 159 Å². The molecule has 130 valence electrons. The first-order chi connectivity index (χ1) is 12.4. The molecule has 0 N–H and O–H groups in total. The minimum absolute atomic E-state index is 1.30. The van der Waals surface area contributed by atoms with Crippen LogP contribution in [0.15, 0.2) is 66.9 Å². The summed E-state index contributed by atoms with van der Waals surface area (Å²) >= 11 is -1.89. The summed E-state index contributed by atoms with van der Waals surface area (Å²) in [5, 5.41) is 5.32. The first-order valence-electron chi connectivity index (χ1n) is 9.28. The predicted molar refractivity (Wildman–Crippen MR) is 116 cm³/mol. The predicted octanol–water partition coefficient (Wildman–Crippen LogP) is 5.34. The van der Waals surface area contributed by atoms with Crippen LogP contribution in [0.25, 0.3) is 32.8 Å². The second-order valence-electron chi connectivity index (χ2n) is 8.30. The molecule has 0 fully saturated rings. The zero-order chi connectivity index (χ0) is 18.5. The number of nitrogens with zero attached hydrogens (tertiary/aromatic N) is 1. The van der Waals surface area contributed by atoms with E-state index in [4.69, 9.17) is 0 Å². The maximum atomic E-state index is 2.46. The average molecular weight is 401 g/mol. The van der Waals surface area contributed by atoms with Gasteiger partial charge in [0.2, 0.25) is 0 Å². The van der Waals surface area contributed by atoms with Crippen molar-refractivity contribution >= 4 is 39.2 Å². The number of aromatic nitrogens is 1. The molecule has 26 heavy (non-hydrogen) atoms. The summed E-state index contributed by atoms with van der Waals surface area (Å²) in [5.74, 6) is 7.38. The normalized spacial score (nSPS) is 12.0. The van der Waals surface area contributed by atoms with Gasteiger partial charge in [0.05, 0.1) is 0 Å². The van der Waals surface area contributed by atoms with E-state index in [0.717, 1.165) is 0 Å². The van der Waals surface area contributed by atoms with Crippen LogP contribution in [0, 0.1) is 6.92 Å². The molecular weight excluding hydrogens is 375 g/mol. The summed E-state index contributed by atoms with van der Waals surface area (Å²) in [7, 11) is 2.16. The zero-order valence-electron chi connectivity index (χ0n) is 16.3. The first kappa shape index (κ1) is 17.3. The Balaban J connectivity index is 2.09. The summed E-state index contributed by atoms with van der Waals surface area (Å²) in [6.07, 6.45) is 2.24. The molecule has 3 aromatic carbocycles. The number of pyridine rings is 1. The van der Waals surface area contributed by atoms with Crippen molar-refractivity contribution in [3.8, 4) is 11.3 Å². The fraction of sp³-hybridized carbons (Fsp3) is 0.208. The number of aryl methyl sites for hydroxylation is 2. The second kappa shape index (κ2) is 6.24. The molecule has 0 bridgehead atoms. The van der Waals surface area contributed by atoms with E-state index in [2.05, 4.69) is 103 Å². The zero-order valence-corrected chi connectivity index (χ0v) is 18.4. The number of hydrogen-bond acceptors (Lipinski definition) is 0. The van der Waals surface area contributed by atoms with Crippen molar-refractivity contribution in [1.29, 1.82) is 0 Å². The molecule has 0 radical (unpaired) electrons. The summed E-state index contributed by atoms with van der Waals surface area (Å²) in [5.41, 5.74) is 4.02. The van der Waals surface area contributed by atoms with Crippen LogP contribution in [0.2, 0.25) is 17.3 Å². The Kier molecular flexibility index (Phi) is 4.15. The summed E-state index contributed by atoms with van der Waals surface area (Å²) < 4.78 is 3.82. The third-order valence-electron chi connectivity index (χ3n) is 5.41. The van der Waals surface area contributed by atoms with Crippen LogP contribution in [0.4, 0.5) is 0 Å². The van der Waals surface area contributed by atoms with Gasteiger partial charge in [0, 0.05) is 0 Å². The molecule has 0 atom stereocenters. The fourth-order valence-electron chi connectivity index (χ4n) is 3.82. The molecule has 1 nitrogen and oxygen atoms in total. The number of hydrogen-bond donors (Lipinski definition) is 0. The third kappa shape index (κ3) is 2.85. The van der Waals surface area contributed by atoms with Crippen molar-refractivity contribution < 1.29 is 4.57 Å². The number of benzene rings is 3. The Hall–Kier alpha value is -2.13. The molecule has 0 amide bonds. The molecule has 4 aromatic rings. The van der Waals surface area contributed by atoms with Crippen molar-refractivity contribution in [2.75, 3.05) is 0 Å². The van der Waals surface area contributed by atoms with Gasteiger partial charge in [-0.05, 0) is 0 Å². The van der Waals surface area contributed by atoms with E-state index in [-0.39, 0.29) is 0 Å². The summed E-state index contributed by atoms with van der Waals surface area (Å²) in [6, 6.07) is 22.5. The third-order valence-corrected chi connectivity index (χ3v) is 9.69. The molecular formula is C24H26GeN+. The molecule has 0 aliphatic rings. The van der Waals surface area contributed by atoms with Crippen molar-refractivity contribution in [3.63, 3.8) is 0 Å². The van der Waals surface area contributed by atoms with Crippen molar-refractivity contribution in [1.82, 2.24) is 0 Å². The molecule has 1 aromatic heterocycles. The monoisotopic (exact) mass is 402 g/mol. The van der Waals surface area contributed by atoms with Gasteiger partial charge in [-0.3, -0.25) is 0 Å². The van der Waals surface area contributed by atoms with Gasteiger partial charge in [0.15, 0.2) is 0 Å². The molecule has 0 aliphatic carbocycles. The topological polar surface area (TPSA) is 3.88 Å². The van der Waals surface area contributed by atoms with E-state index in [1.807, 2.05) is 0 Å². The van der Waals surface area contributed by atoms with Crippen LogP contribution in [0.5, 0.6) is 0 Å². The van der Waals surface area contributed by atoms with E-state index in [9.17, 15) is 0 Å². The minimum atomic E-state index is -1.89.